The first-order chi connectivity index (χ1) is 11.2. The lowest BCUT2D eigenvalue weighted by molar-refractivity contribution is -0.138. The Kier molecular flexibility index (Phi) is 5.87. The Balaban J connectivity index is 2.09. The zero-order valence-corrected chi connectivity index (χ0v) is 13.9. The maximum Gasteiger partial charge on any atom is 0.416 e. The third-order valence-electron chi connectivity index (χ3n) is 4.43. The number of likely N-dealkylation sites (tertiary alicyclic amines) is 1. The molecule has 1 aliphatic heterocycles. The van der Waals surface area contributed by atoms with Crippen LogP contribution in [0.25, 0.3) is 0 Å². The molecule has 1 aromatic rings. The summed E-state index contributed by atoms with van der Waals surface area (Å²) in [6.07, 6.45) is -4.74. The molecule has 1 heterocycles. The van der Waals surface area contributed by atoms with Crippen LogP contribution < -0.4 is 0 Å². The molecule has 2 atom stereocenters. The number of alkyl halides is 3. The topological polar surface area (TPSA) is 43.8 Å². The van der Waals surface area contributed by atoms with Gasteiger partial charge in [-0.1, -0.05) is 18.2 Å². The predicted octanol–water partition coefficient (Wildman–Crippen LogP) is 1.88. The van der Waals surface area contributed by atoms with E-state index in [9.17, 15) is 23.1 Å². The Hall–Kier alpha value is -1.60. The second kappa shape index (κ2) is 7.53. The van der Waals surface area contributed by atoms with Crippen LogP contribution in [0.4, 0.5) is 13.2 Å². The first-order valence-corrected chi connectivity index (χ1v) is 7.90. The quantitative estimate of drug-likeness (QED) is 0.887. The summed E-state index contributed by atoms with van der Waals surface area (Å²) in [6, 6.07) is 5.17. The molecule has 2 unspecified atom stereocenters. The van der Waals surface area contributed by atoms with Crippen molar-refractivity contribution in [2.45, 2.75) is 12.6 Å². The summed E-state index contributed by atoms with van der Waals surface area (Å²) in [7, 11) is 3.83. The molecule has 0 spiro atoms. The predicted molar refractivity (Wildman–Crippen MR) is 84.3 cm³/mol. The molecule has 0 bridgehead atoms. The van der Waals surface area contributed by atoms with Crippen molar-refractivity contribution in [2.75, 3.05) is 40.3 Å². The largest absolute Gasteiger partial charge is 0.416 e. The zero-order valence-electron chi connectivity index (χ0n) is 13.9. The van der Waals surface area contributed by atoms with Crippen molar-refractivity contribution in [3.05, 3.63) is 35.4 Å². The number of amides is 1. The van der Waals surface area contributed by atoms with E-state index >= 15 is 0 Å². The molecule has 1 amide bonds. The van der Waals surface area contributed by atoms with Crippen molar-refractivity contribution >= 4 is 5.91 Å². The van der Waals surface area contributed by atoms with E-state index in [1.807, 2.05) is 19.0 Å². The van der Waals surface area contributed by atoms with Gasteiger partial charge in [0.05, 0.1) is 12.0 Å². The van der Waals surface area contributed by atoms with Gasteiger partial charge in [-0.2, -0.15) is 13.2 Å². The van der Waals surface area contributed by atoms with Gasteiger partial charge in [0.2, 0.25) is 5.91 Å². The van der Waals surface area contributed by atoms with E-state index < -0.39 is 11.7 Å². The molecule has 0 aromatic heterocycles. The van der Waals surface area contributed by atoms with Crippen molar-refractivity contribution in [1.29, 1.82) is 0 Å². The summed E-state index contributed by atoms with van der Waals surface area (Å²) < 4.78 is 39.1. The molecule has 0 saturated carbocycles. The molecule has 2 rings (SSSR count). The van der Waals surface area contributed by atoms with Crippen LogP contribution in [0.3, 0.4) is 0 Å². The molecule has 134 valence electrons. The Morgan fingerprint density at radius 2 is 1.88 bits per heavy atom. The lowest BCUT2D eigenvalue weighted by atomic mass is 9.97. The molecular weight excluding hydrogens is 321 g/mol. The molecule has 1 aromatic carbocycles. The number of carbonyl (C=O) groups is 1. The summed E-state index contributed by atoms with van der Waals surface area (Å²) in [6.45, 7) is 1.56. The summed E-state index contributed by atoms with van der Waals surface area (Å²) >= 11 is 0. The van der Waals surface area contributed by atoms with Crippen LogP contribution >= 0.6 is 0 Å². The number of nitrogens with zero attached hydrogens (tertiary/aromatic N) is 2. The first-order valence-electron chi connectivity index (χ1n) is 7.90. The van der Waals surface area contributed by atoms with Crippen LogP contribution in [0.2, 0.25) is 0 Å². The maximum absolute atomic E-state index is 13.0. The maximum atomic E-state index is 13.0. The third kappa shape index (κ3) is 4.48. The number of hydrogen-bond donors (Lipinski definition) is 1. The molecule has 24 heavy (non-hydrogen) atoms. The lowest BCUT2D eigenvalue weighted by Crippen LogP contribution is -2.32. The van der Waals surface area contributed by atoms with Gasteiger partial charge in [-0.05, 0) is 31.6 Å². The van der Waals surface area contributed by atoms with Crippen LogP contribution in [0.15, 0.2) is 24.3 Å². The molecule has 1 aliphatic rings. The Morgan fingerprint density at radius 1 is 1.25 bits per heavy atom. The molecule has 1 saturated heterocycles. The molecule has 0 radical (unpaired) electrons. The summed E-state index contributed by atoms with van der Waals surface area (Å²) in [5.74, 6) is -0.229. The number of aliphatic hydroxyl groups is 1. The standard InChI is InChI=1S/C17H23F3N2O2/c1-21(2)8-13-9-22(10-14(13)11-23)16(24)7-12-5-3-4-6-15(12)17(18,19)20/h3-6,13-14,23H,7-11H2,1-2H3. The van der Waals surface area contributed by atoms with E-state index in [-0.39, 0.29) is 36.3 Å². The van der Waals surface area contributed by atoms with E-state index in [2.05, 4.69) is 0 Å². The monoisotopic (exact) mass is 344 g/mol. The fourth-order valence-electron chi connectivity index (χ4n) is 3.25. The number of rotatable bonds is 5. The fourth-order valence-corrected chi connectivity index (χ4v) is 3.25. The van der Waals surface area contributed by atoms with Crippen molar-refractivity contribution in [3.63, 3.8) is 0 Å². The highest BCUT2D eigenvalue weighted by Crippen LogP contribution is 2.32. The second-order valence-electron chi connectivity index (χ2n) is 6.60. The van der Waals surface area contributed by atoms with Crippen molar-refractivity contribution in [1.82, 2.24) is 9.80 Å². The van der Waals surface area contributed by atoms with Gasteiger partial charge < -0.3 is 14.9 Å². The van der Waals surface area contributed by atoms with Gasteiger partial charge in [0.15, 0.2) is 0 Å². The number of aliphatic hydroxyl groups excluding tert-OH is 1. The van der Waals surface area contributed by atoms with Crippen LogP contribution in [-0.2, 0) is 17.4 Å². The van der Waals surface area contributed by atoms with Gasteiger partial charge in [0, 0.05) is 32.2 Å². The third-order valence-corrected chi connectivity index (χ3v) is 4.43. The molecule has 1 fully saturated rings. The van der Waals surface area contributed by atoms with Crippen LogP contribution in [-0.4, -0.2) is 61.2 Å². The zero-order chi connectivity index (χ0) is 17.9. The average Bonchev–Trinajstić information content (AvgIpc) is 2.89. The number of hydrogen-bond acceptors (Lipinski definition) is 3. The minimum absolute atomic E-state index is 0.00777. The second-order valence-corrected chi connectivity index (χ2v) is 6.60. The van der Waals surface area contributed by atoms with E-state index in [1.165, 1.54) is 18.2 Å². The van der Waals surface area contributed by atoms with Crippen LogP contribution in [0, 0.1) is 11.8 Å². The van der Waals surface area contributed by atoms with Gasteiger partial charge in [-0.3, -0.25) is 4.79 Å². The van der Waals surface area contributed by atoms with Crippen molar-refractivity contribution in [3.8, 4) is 0 Å². The highest BCUT2D eigenvalue weighted by molar-refractivity contribution is 5.79. The summed E-state index contributed by atoms with van der Waals surface area (Å²) in [4.78, 5) is 16.0. The normalized spacial score (nSPS) is 21.5. The minimum atomic E-state index is -4.47. The fraction of sp³-hybridized carbons (Fsp3) is 0.588. The summed E-state index contributed by atoms with van der Waals surface area (Å²) in [5.41, 5.74) is -0.771. The minimum Gasteiger partial charge on any atom is -0.396 e. The highest BCUT2D eigenvalue weighted by Gasteiger charge is 2.37. The number of carbonyl (C=O) groups excluding carboxylic acids is 1. The first kappa shape index (κ1) is 18.7. The van der Waals surface area contributed by atoms with E-state index in [0.29, 0.717) is 13.1 Å². The van der Waals surface area contributed by atoms with E-state index in [1.54, 1.807) is 4.90 Å². The van der Waals surface area contributed by atoms with E-state index in [4.69, 9.17) is 0 Å². The molecule has 4 nitrogen and oxygen atoms in total. The Morgan fingerprint density at radius 3 is 2.46 bits per heavy atom. The van der Waals surface area contributed by atoms with Gasteiger partial charge in [0.1, 0.15) is 0 Å². The number of halogens is 3. The number of benzene rings is 1. The van der Waals surface area contributed by atoms with Crippen molar-refractivity contribution < 1.29 is 23.1 Å². The molecule has 1 N–H and O–H groups in total. The van der Waals surface area contributed by atoms with E-state index in [0.717, 1.165) is 12.6 Å². The van der Waals surface area contributed by atoms with Gasteiger partial charge in [0.25, 0.3) is 0 Å². The molecule has 0 aliphatic carbocycles. The Bertz CT molecular complexity index is 575. The molecular formula is C17H23F3N2O2. The van der Waals surface area contributed by atoms with Crippen LogP contribution in [0.5, 0.6) is 0 Å². The molecule has 7 heteroatoms. The highest BCUT2D eigenvalue weighted by atomic mass is 19.4. The SMILES string of the molecule is CN(C)CC1CN(C(=O)Cc2ccccc2C(F)(F)F)CC1CO. The summed E-state index contributed by atoms with van der Waals surface area (Å²) in [5, 5.41) is 9.48. The van der Waals surface area contributed by atoms with Gasteiger partial charge in [-0.15, -0.1) is 0 Å². The van der Waals surface area contributed by atoms with Crippen LogP contribution in [0.1, 0.15) is 11.1 Å². The lowest BCUT2D eigenvalue weighted by Gasteiger charge is -2.20. The van der Waals surface area contributed by atoms with Crippen molar-refractivity contribution in [2.24, 2.45) is 11.8 Å². The Labute approximate surface area is 139 Å². The smallest absolute Gasteiger partial charge is 0.396 e. The van der Waals surface area contributed by atoms with Gasteiger partial charge in [-0.25, -0.2) is 0 Å². The average molecular weight is 344 g/mol. The van der Waals surface area contributed by atoms with Gasteiger partial charge >= 0.3 is 6.18 Å².